The lowest BCUT2D eigenvalue weighted by molar-refractivity contribution is 0.161. The minimum absolute atomic E-state index is 0.0314. The van der Waals surface area contributed by atoms with Crippen molar-refractivity contribution in [2.45, 2.75) is 31.0 Å². The van der Waals surface area contributed by atoms with E-state index in [2.05, 4.69) is 31.8 Å². The average molecular weight is 579 g/mol. The van der Waals surface area contributed by atoms with E-state index in [-0.39, 0.29) is 22.3 Å². The Balaban J connectivity index is 1.57. The summed E-state index contributed by atoms with van der Waals surface area (Å²) in [5, 5.41) is 7.43. The summed E-state index contributed by atoms with van der Waals surface area (Å²) in [5.74, 6) is 5.11. The molecule has 0 spiro atoms. The van der Waals surface area contributed by atoms with Gasteiger partial charge in [0.1, 0.15) is 36.9 Å². The molecule has 10 nitrogen and oxygen atoms in total. The Morgan fingerprint density at radius 2 is 1.37 bits per heavy atom. The largest absolute Gasteiger partial charge is 0.466 e. The first kappa shape index (κ1) is 29.1. The number of benzene rings is 1. The fraction of sp³-hybridized carbons (Fsp3) is 0.207. The lowest BCUT2D eigenvalue weighted by Crippen LogP contribution is -2.19. The van der Waals surface area contributed by atoms with Gasteiger partial charge in [0, 0.05) is 29.0 Å². The van der Waals surface area contributed by atoms with E-state index in [0.717, 1.165) is 24.3 Å². The Morgan fingerprint density at radius 1 is 0.829 bits per heavy atom. The fourth-order valence-electron chi connectivity index (χ4n) is 3.38. The summed E-state index contributed by atoms with van der Waals surface area (Å²) in [7, 11) is -4.08. The quantitative estimate of drug-likeness (QED) is 0.299. The van der Waals surface area contributed by atoms with E-state index in [0.29, 0.717) is 24.4 Å². The number of sulfonamides is 1. The van der Waals surface area contributed by atoms with E-state index in [4.69, 9.17) is 19.1 Å². The number of halogens is 1. The predicted molar refractivity (Wildman–Crippen MR) is 152 cm³/mol. The number of nitrogens with zero attached hydrogens (tertiary/aromatic N) is 3. The maximum atomic E-state index is 13.4. The second-order valence-electron chi connectivity index (χ2n) is 8.32. The maximum Gasteiger partial charge on any atom is 0.262 e. The molecular formula is C29H27FN4O6S. The van der Waals surface area contributed by atoms with Crippen LogP contribution in [0.4, 0.5) is 10.1 Å². The van der Waals surface area contributed by atoms with E-state index in [1.165, 1.54) is 12.1 Å². The first-order valence-electron chi connectivity index (χ1n) is 12.6. The molecule has 41 heavy (non-hydrogen) atoms. The van der Waals surface area contributed by atoms with Gasteiger partial charge in [0.2, 0.25) is 11.8 Å². The van der Waals surface area contributed by atoms with Crippen molar-refractivity contribution in [1.29, 1.82) is 0 Å². The molecule has 12 heteroatoms. The van der Waals surface area contributed by atoms with Gasteiger partial charge in [-0.15, -0.1) is 0 Å². The molecule has 2 aromatic rings. The molecule has 4 rings (SSSR count). The number of hydrogen-bond acceptors (Lipinski definition) is 9. The van der Waals surface area contributed by atoms with Crippen LogP contribution in [0.3, 0.4) is 0 Å². The first-order valence-corrected chi connectivity index (χ1v) is 14.1. The summed E-state index contributed by atoms with van der Waals surface area (Å²) < 4.78 is 53.8. The van der Waals surface area contributed by atoms with E-state index < -0.39 is 28.0 Å². The molecule has 0 atom stereocenters. The van der Waals surface area contributed by atoms with Crippen molar-refractivity contribution >= 4 is 27.5 Å². The molecule has 0 amide bonds. The Labute approximate surface area is 237 Å². The highest BCUT2D eigenvalue weighted by atomic mass is 32.2. The predicted octanol–water partition coefficient (Wildman–Crippen LogP) is 4.86. The Hall–Kier alpha value is -4.89. The summed E-state index contributed by atoms with van der Waals surface area (Å²) >= 11 is 0. The molecule has 1 heterocycles. The molecule has 0 radical (unpaired) electrons. The highest BCUT2D eigenvalue weighted by Crippen LogP contribution is 2.30. The molecule has 212 valence electrons. The minimum Gasteiger partial charge on any atom is -0.466 e. The smallest absolute Gasteiger partial charge is 0.262 e. The van der Waals surface area contributed by atoms with Gasteiger partial charge in [-0.1, -0.05) is 0 Å². The van der Waals surface area contributed by atoms with Gasteiger partial charge >= 0.3 is 0 Å². The maximum absolute atomic E-state index is 13.4. The van der Waals surface area contributed by atoms with Gasteiger partial charge in [-0.2, -0.15) is 4.98 Å². The van der Waals surface area contributed by atoms with E-state index in [9.17, 15) is 12.8 Å². The zero-order valence-electron chi connectivity index (χ0n) is 22.2. The van der Waals surface area contributed by atoms with Crippen LogP contribution in [0.5, 0.6) is 11.8 Å². The van der Waals surface area contributed by atoms with Gasteiger partial charge < -0.3 is 19.1 Å². The van der Waals surface area contributed by atoms with Gasteiger partial charge in [-0.25, -0.2) is 12.8 Å². The van der Waals surface area contributed by atoms with Gasteiger partial charge in [0.25, 0.3) is 10.0 Å². The number of anilines is 1. The highest BCUT2D eigenvalue weighted by molar-refractivity contribution is 7.92. The van der Waals surface area contributed by atoms with Crippen LogP contribution >= 0.6 is 0 Å². The topological polar surface area (TPSA) is 121 Å². The third-order valence-electron chi connectivity index (χ3n) is 5.31. The van der Waals surface area contributed by atoms with Gasteiger partial charge in [-0.05, 0) is 103 Å². The molecule has 0 unspecified atom stereocenters. The summed E-state index contributed by atoms with van der Waals surface area (Å²) in [4.78, 5) is 14.1. The lowest BCUT2D eigenvalue weighted by atomic mass is 10.1. The van der Waals surface area contributed by atoms with Crippen LogP contribution in [-0.4, -0.2) is 50.6 Å². The van der Waals surface area contributed by atoms with Gasteiger partial charge in [-0.3, -0.25) is 4.72 Å². The summed E-state index contributed by atoms with van der Waals surface area (Å²) in [6.07, 6.45) is 13.0. The van der Waals surface area contributed by atoms with E-state index >= 15 is 0 Å². The van der Waals surface area contributed by atoms with Crippen LogP contribution in [0.1, 0.15) is 13.8 Å². The number of ether oxygens (including phenoxy) is 2. The Morgan fingerprint density at radius 3 is 1.90 bits per heavy atom. The molecule has 1 aromatic heterocycles. The number of aromatic nitrogens is 1. The zero-order chi connectivity index (χ0) is 29.1. The van der Waals surface area contributed by atoms with Crippen molar-refractivity contribution in [3.63, 3.8) is 0 Å². The number of allylic oxidation sites excluding steroid dienone is 6. The van der Waals surface area contributed by atoms with Crippen LogP contribution in [0.15, 0.2) is 111 Å². The Bertz CT molecular complexity index is 1570. The van der Waals surface area contributed by atoms with Crippen molar-refractivity contribution in [1.82, 2.24) is 4.98 Å². The molecular weight excluding hydrogens is 551 g/mol. The van der Waals surface area contributed by atoms with Crippen molar-refractivity contribution < 1.29 is 32.0 Å². The third kappa shape index (κ3) is 8.55. The van der Waals surface area contributed by atoms with E-state index in [1.807, 2.05) is 13.8 Å². The lowest BCUT2D eigenvalue weighted by Gasteiger charge is -2.19. The van der Waals surface area contributed by atoms with Crippen molar-refractivity contribution in [2.75, 3.05) is 17.9 Å². The zero-order valence-corrected chi connectivity index (χ0v) is 23.0. The fourth-order valence-corrected chi connectivity index (χ4v) is 4.44. The summed E-state index contributed by atoms with van der Waals surface area (Å²) in [6, 6.07) is 7.44. The molecule has 0 saturated heterocycles. The number of nitrogens with one attached hydrogen (secondary N) is 1. The number of rotatable bonds is 11. The number of pyridine rings is 1. The molecule has 0 saturated carbocycles. The molecule has 0 fully saturated rings. The van der Waals surface area contributed by atoms with Crippen LogP contribution in [0.25, 0.3) is 0 Å². The number of hydrogen-bond donors (Lipinski definition) is 1. The summed E-state index contributed by atoms with van der Waals surface area (Å²) in [6.45, 7) is 4.50. The van der Waals surface area contributed by atoms with Crippen LogP contribution in [0, 0.1) is 5.82 Å². The average Bonchev–Trinajstić information content (AvgIpc) is 2.97. The van der Waals surface area contributed by atoms with Crippen molar-refractivity contribution in [3.05, 3.63) is 102 Å². The molecule has 1 aromatic carbocycles. The normalized spacial score (nSPS) is 17.3. The SMILES string of the molecule is CCON=C=C1C=CC(Oc2ccc(NS(=O)(=O)c3ccc(F)cc3)c(OC3C=CC(=C=NOCC)C=C3)n2)C=C1. The molecule has 2 aliphatic rings. The van der Waals surface area contributed by atoms with Crippen LogP contribution in [-0.2, 0) is 19.7 Å². The highest BCUT2D eigenvalue weighted by Gasteiger charge is 2.21. The first-order chi connectivity index (χ1) is 19.9. The molecule has 0 aliphatic heterocycles. The van der Waals surface area contributed by atoms with Crippen LogP contribution in [0.2, 0.25) is 0 Å². The monoisotopic (exact) mass is 578 g/mol. The van der Waals surface area contributed by atoms with Gasteiger partial charge in [0.05, 0.1) is 4.90 Å². The van der Waals surface area contributed by atoms with Crippen molar-refractivity contribution in [3.8, 4) is 11.8 Å². The van der Waals surface area contributed by atoms with Crippen LogP contribution < -0.4 is 14.2 Å². The standard InChI is InChI=1S/C29H27FN4O6S/c1-3-37-31-19-21-5-11-24(12-6-21)39-28-18-17-27(34-41(35,36)26-15-9-23(30)10-16-26)29(33-28)40-25-13-7-22(8-14-25)20-32-38-4-2/h5-18,24-25,34H,3-4H2,1-2H3. The Kier molecular flexibility index (Phi) is 9.90. The summed E-state index contributed by atoms with van der Waals surface area (Å²) in [5.41, 5.74) is 1.43. The second kappa shape index (κ2) is 14.0. The second-order valence-corrected chi connectivity index (χ2v) is 10.00. The van der Waals surface area contributed by atoms with Crippen molar-refractivity contribution in [2.24, 2.45) is 10.3 Å². The van der Waals surface area contributed by atoms with E-state index in [1.54, 1.807) is 48.6 Å². The third-order valence-corrected chi connectivity index (χ3v) is 6.69. The molecule has 0 bridgehead atoms. The minimum atomic E-state index is -4.08. The molecule has 2 aliphatic carbocycles. The van der Waals surface area contributed by atoms with Gasteiger partial charge in [0.15, 0.2) is 0 Å². The molecule has 1 N–H and O–H groups in total.